The largest absolute Gasteiger partial charge is 0.339 e. The third kappa shape index (κ3) is 5.92. The van der Waals surface area contributed by atoms with Gasteiger partial charge in [0.25, 0.3) is 0 Å². The number of urea groups is 1. The van der Waals surface area contributed by atoms with Crippen molar-refractivity contribution < 1.29 is 18.0 Å². The molecule has 10 heteroatoms. The van der Waals surface area contributed by atoms with E-state index in [1.807, 2.05) is 13.8 Å². The predicted octanol–water partition coefficient (Wildman–Crippen LogP) is 1.72. The van der Waals surface area contributed by atoms with Crippen LogP contribution in [-0.4, -0.2) is 80.9 Å². The average Bonchev–Trinajstić information content (AvgIpc) is 2.69. The highest BCUT2D eigenvalue weighted by Crippen LogP contribution is 2.14. The summed E-state index contributed by atoms with van der Waals surface area (Å²) in [6, 6.07) is 6.30. The van der Waals surface area contributed by atoms with Gasteiger partial charge in [0.15, 0.2) is 0 Å². The molecule has 1 aromatic carbocycles. The van der Waals surface area contributed by atoms with Crippen LogP contribution in [0.4, 0.5) is 4.79 Å². The number of halogens is 1. The maximum absolute atomic E-state index is 12.4. The number of nitrogens with zero attached hydrogens (tertiary/aromatic N) is 3. The Bertz CT molecular complexity index is 773. The average molecular weight is 475 g/mol. The first-order valence-corrected chi connectivity index (χ1v) is 11.6. The molecule has 28 heavy (non-hydrogen) atoms. The van der Waals surface area contributed by atoms with Gasteiger partial charge in [0, 0.05) is 56.7 Å². The molecule has 1 aliphatic heterocycles. The summed E-state index contributed by atoms with van der Waals surface area (Å²) < 4.78 is 27.7. The van der Waals surface area contributed by atoms with E-state index in [2.05, 4.69) is 20.7 Å². The van der Waals surface area contributed by atoms with Gasteiger partial charge in [-0.3, -0.25) is 4.79 Å². The third-order valence-corrected chi connectivity index (χ3v) is 6.70. The highest BCUT2D eigenvalue weighted by Gasteiger charge is 2.26. The van der Waals surface area contributed by atoms with Crippen LogP contribution in [0.5, 0.6) is 0 Å². The number of nitrogens with one attached hydrogen (secondary N) is 1. The Hall–Kier alpha value is -1.65. The van der Waals surface area contributed by atoms with Crippen molar-refractivity contribution >= 4 is 37.9 Å². The Morgan fingerprint density at radius 2 is 1.57 bits per heavy atom. The van der Waals surface area contributed by atoms with Crippen molar-refractivity contribution in [3.05, 3.63) is 28.7 Å². The van der Waals surface area contributed by atoms with Crippen LogP contribution in [0.2, 0.25) is 0 Å². The third-order valence-electron chi connectivity index (χ3n) is 4.69. The van der Waals surface area contributed by atoms with Gasteiger partial charge < -0.3 is 14.7 Å². The molecule has 0 atom stereocenters. The van der Waals surface area contributed by atoms with Gasteiger partial charge in [-0.05, 0) is 38.1 Å². The maximum atomic E-state index is 12.4. The van der Waals surface area contributed by atoms with E-state index in [4.69, 9.17) is 0 Å². The summed E-state index contributed by atoms with van der Waals surface area (Å²) in [6.07, 6.45) is 0.0831. The van der Waals surface area contributed by atoms with Gasteiger partial charge in [-0.1, -0.05) is 15.9 Å². The van der Waals surface area contributed by atoms with E-state index in [-0.39, 0.29) is 29.8 Å². The Labute approximate surface area is 175 Å². The van der Waals surface area contributed by atoms with Gasteiger partial charge in [-0.15, -0.1) is 0 Å². The fourth-order valence-electron chi connectivity index (χ4n) is 2.99. The minimum atomic E-state index is -3.64. The van der Waals surface area contributed by atoms with Crippen molar-refractivity contribution in [3.8, 4) is 0 Å². The Balaban J connectivity index is 1.78. The van der Waals surface area contributed by atoms with Gasteiger partial charge in [-0.2, -0.15) is 0 Å². The van der Waals surface area contributed by atoms with Crippen LogP contribution >= 0.6 is 15.9 Å². The summed E-state index contributed by atoms with van der Waals surface area (Å²) >= 11 is 3.26. The summed E-state index contributed by atoms with van der Waals surface area (Å²) in [4.78, 5) is 30.1. The Morgan fingerprint density at radius 3 is 2.11 bits per heavy atom. The molecule has 1 aliphatic rings. The number of amides is 3. The quantitative estimate of drug-likeness (QED) is 0.651. The first-order chi connectivity index (χ1) is 13.3. The molecular weight excluding hydrogens is 448 g/mol. The second-order valence-electron chi connectivity index (χ2n) is 6.42. The van der Waals surface area contributed by atoms with E-state index < -0.39 is 10.0 Å². The number of hydrogen-bond acceptors (Lipinski definition) is 4. The van der Waals surface area contributed by atoms with Crippen molar-refractivity contribution in [2.45, 2.75) is 25.2 Å². The van der Waals surface area contributed by atoms with Crippen LogP contribution < -0.4 is 4.72 Å². The van der Waals surface area contributed by atoms with Crippen LogP contribution in [0.15, 0.2) is 33.6 Å². The lowest BCUT2D eigenvalue weighted by atomic mass is 10.3. The number of hydrogen-bond donors (Lipinski definition) is 1. The summed E-state index contributed by atoms with van der Waals surface area (Å²) in [7, 11) is -3.64. The second-order valence-corrected chi connectivity index (χ2v) is 9.11. The number of rotatable bonds is 7. The van der Waals surface area contributed by atoms with Crippen LogP contribution in [0.3, 0.4) is 0 Å². The molecule has 0 spiro atoms. The smallest absolute Gasteiger partial charge is 0.320 e. The SMILES string of the molecule is CCN(CC)C(=O)N1CCN(C(=O)CCNS(=O)(=O)c2ccc(Br)cc2)CC1. The highest BCUT2D eigenvalue weighted by atomic mass is 79.9. The Morgan fingerprint density at radius 1 is 1.04 bits per heavy atom. The molecule has 0 bridgehead atoms. The zero-order chi connectivity index (χ0) is 20.7. The minimum Gasteiger partial charge on any atom is -0.339 e. The molecule has 1 N–H and O–H groups in total. The fraction of sp³-hybridized carbons (Fsp3) is 0.556. The molecule has 1 aromatic rings. The molecule has 0 aliphatic carbocycles. The van der Waals surface area contributed by atoms with E-state index >= 15 is 0 Å². The van der Waals surface area contributed by atoms with E-state index in [1.165, 1.54) is 12.1 Å². The van der Waals surface area contributed by atoms with Crippen LogP contribution in [0.25, 0.3) is 0 Å². The highest BCUT2D eigenvalue weighted by molar-refractivity contribution is 9.10. The predicted molar refractivity (Wildman–Crippen MR) is 110 cm³/mol. The lowest BCUT2D eigenvalue weighted by Gasteiger charge is -2.37. The summed E-state index contributed by atoms with van der Waals surface area (Å²) in [6.45, 7) is 7.15. The van der Waals surface area contributed by atoms with Crippen molar-refractivity contribution in [1.29, 1.82) is 0 Å². The molecule has 2 rings (SSSR count). The molecule has 1 saturated heterocycles. The van der Waals surface area contributed by atoms with Crippen LogP contribution in [-0.2, 0) is 14.8 Å². The number of benzene rings is 1. The van der Waals surface area contributed by atoms with E-state index in [0.717, 1.165) is 4.47 Å². The molecule has 8 nitrogen and oxygen atoms in total. The molecule has 1 heterocycles. The topological polar surface area (TPSA) is 90.0 Å². The van der Waals surface area contributed by atoms with Gasteiger partial charge >= 0.3 is 6.03 Å². The molecule has 0 radical (unpaired) electrons. The van der Waals surface area contributed by atoms with Crippen LogP contribution in [0, 0.1) is 0 Å². The molecule has 3 amide bonds. The van der Waals surface area contributed by atoms with Crippen molar-refractivity contribution in [2.75, 3.05) is 45.8 Å². The molecule has 156 valence electrons. The van der Waals surface area contributed by atoms with Crippen molar-refractivity contribution in [2.24, 2.45) is 0 Å². The number of carbonyl (C=O) groups excluding carboxylic acids is 2. The van der Waals surface area contributed by atoms with Gasteiger partial charge in [-0.25, -0.2) is 17.9 Å². The number of piperazine rings is 1. The minimum absolute atomic E-state index is 0.000595. The first-order valence-electron chi connectivity index (χ1n) is 9.35. The summed E-state index contributed by atoms with van der Waals surface area (Å²) in [5.41, 5.74) is 0. The standard InChI is InChI=1S/C18H27BrN4O4S/c1-3-21(4-2)18(25)23-13-11-22(12-14-23)17(24)9-10-20-28(26,27)16-7-5-15(19)6-8-16/h5-8,20H,3-4,9-14H2,1-2H3. The van der Waals surface area contributed by atoms with Crippen molar-refractivity contribution in [1.82, 2.24) is 19.4 Å². The van der Waals surface area contributed by atoms with Gasteiger partial charge in [0.2, 0.25) is 15.9 Å². The van der Waals surface area contributed by atoms with Gasteiger partial charge in [0.05, 0.1) is 4.90 Å². The summed E-state index contributed by atoms with van der Waals surface area (Å²) in [5.74, 6) is -0.117. The zero-order valence-electron chi connectivity index (χ0n) is 16.2. The Kier molecular flexibility index (Phi) is 8.26. The second kappa shape index (κ2) is 10.2. The van der Waals surface area contributed by atoms with E-state index in [0.29, 0.717) is 39.3 Å². The maximum Gasteiger partial charge on any atom is 0.320 e. The lowest BCUT2D eigenvalue weighted by Crippen LogP contribution is -2.54. The number of carbonyl (C=O) groups is 2. The van der Waals surface area contributed by atoms with Crippen LogP contribution in [0.1, 0.15) is 20.3 Å². The number of sulfonamides is 1. The molecule has 0 unspecified atom stereocenters. The van der Waals surface area contributed by atoms with Gasteiger partial charge in [0.1, 0.15) is 0 Å². The monoisotopic (exact) mass is 474 g/mol. The molecule has 0 saturated carbocycles. The molecule has 1 fully saturated rings. The molecule has 0 aromatic heterocycles. The normalized spacial score (nSPS) is 14.8. The lowest BCUT2D eigenvalue weighted by molar-refractivity contribution is -0.132. The molecular formula is C18H27BrN4O4S. The van der Waals surface area contributed by atoms with Crippen molar-refractivity contribution in [3.63, 3.8) is 0 Å². The van der Waals surface area contributed by atoms with E-state index in [9.17, 15) is 18.0 Å². The fourth-order valence-corrected chi connectivity index (χ4v) is 4.28. The van der Waals surface area contributed by atoms with E-state index in [1.54, 1.807) is 26.8 Å². The first kappa shape index (κ1) is 22.6. The zero-order valence-corrected chi connectivity index (χ0v) is 18.6. The summed E-state index contributed by atoms with van der Waals surface area (Å²) in [5, 5.41) is 0.